The Morgan fingerprint density at radius 1 is 1.44 bits per heavy atom. The Balaban J connectivity index is 2.06. The highest BCUT2D eigenvalue weighted by Gasteiger charge is 2.56. The molecule has 3 aliphatic rings. The number of carbonyl (C=O) groups is 1. The van der Waals surface area contributed by atoms with E-state index in [0.29, 0.717) is 17.9 Å². The van der Waals surface area contributed by atoms with Crippen LogP contribution in [-0.2, 0) is 9.53 Å². The standard InChI is InChI=1S/C15H20O3/c1-9-5-4-6-14(3)8-15(17)12(7-11(9)14)10(2)13(16)18-15/h5,11,17H,4,6-8H2,1-3H3. The van der Waals surface area contributed by atoms with Crippen molar-refractivity contribution >= 4 is 5.97 Å². The third-order valence-corrected chi connectivity index (χ3v) is 5.12. The average molecular weight is 248 g/mol. The molecule has 0 radical (unpaired) electrons. The second kappa shape index (κ2) is 3.47. The molecule has 18 heavy (non-hydrogen) atoms. The molecule has 3 rings (SSSR count). The summed E-state index contributed by atoms with van der Waals surface area (Å²) in [5, 5.41) is 10.6. The zero-order valence-electron chi connectivity index (χ0n) is 11.2. The lowest BCUT2D eigenvalue weighted by atomic mass is 9.57. The van der Waals surface area contributed by atoms with Crippen LogP contribution < -0.4 is 0 Å². The van der Waals surface area contributed by atoms with Crippen LogP contribution in [0.3, 0.4) is 0 Å². The summed E-state index contributed by atoms with van der Waals surface area (Å²) < 4.78 is 5.24. The summed E-state index contributed by atoms with van der Waals surface area (Å²) in [5.74, 6) is -1.24. The topological polar surface area (TPSA) is 46.5 Å². The Morgan fingerprint density at radius 3 is 2.89 bits per heavy atom. The van der Waals surface area contributed by atoms with Gasteiger partial charge in [0.2, 0.25) is 5.79 Å². The molecular weight excluding hydrogens is 228 g/mol. The monoisotopic (exact) mass is 248 g/mol. The lowest BCUT2D eigenvalue weighted by Gasteiger charge is -2.49. The van der Waals surface area contributed by atoms with E-state index in [1.165, 1.54) is 5.57 Å². The molecular formula is C15H20O3. The van der Waals surface area contributed by atoms with E-state index in [1.54, 1.807) is 6.92 Å². The van der Waals surface area contributed by atoms with Gasteiger partial charge in [-0.05, 0) is 44.4 Å². The molecule has 0 amide bonds. The van der Waals surface area contributed by atoms with Gasteiger partial charge < -0.3 is 9.84 Å². The fourth-order valence-electron chi connectivity index (χ4n) is 4.03. The van der Waals surface area contributed by atoms with Crippen LogP contribution in [0.5, 0.6) is 0 Å². The quantitative estimate of drug-likeness (QED) is 0.529. The van der Waals surface area contributed by atoms with Crippen molar-refractivity contribution in [2.45, 2.75) is 52.2 Å². The van der Waals surface area contributed by atoms with Crippen molar-refractivity contribution in [3.63, 3.8) is 0 Å². The summed E-state index contributed by atoms with van der Waals surface area (Å²) in [4.78, 5) is 11.7. The van der Waals surface area contributed by atoms with Crippen LogP contribution in [-0.4, -0.2) is 16.9 Å². The highest BCUT2D eigenvalue weighted by atomic mass is 16.7. The average Bonchev–Trinajstić information content (AvgIpc) is 2.46. The minimum absolute atomic E-state index is 0.0436. The zero-order chi connectivity index (χ0) is 13.1. The number of rotatable bonds is 0. The van der Waals surface area contributed by atoms with Crippen LogP contribution in [0.1, 0.15) is 46.5 Å². The molecule has 3 unspecified atom stereocenters. The summed E-state index contributed by atoms with van der Waals surface area (Å²) in [6, 6.07) is 0. The van der Waals surface area contributed by atoms with Crippen molar-refractivity contribution in [3.8, 4) is 0 Å². The third-order valence-electron chi connectivity index (χ3n) is 5.12. The highest BCUT2D eigenvalue weighted by Crippen LogP contribution is 2.57. The highest BCUT2D eigenvalue weighted by molar-refractivity contribution is 5.92. The molecule has 1 saturated carbocycles. The van der Waals surface area contributed by atoms with E-state index >= 15 is 0 Å². The van der Waals surface area contributed by atoms with Gasteiger partial charge in [-0.1, -0.05) is 18.6 Å². The van der Waals surface area contributed by atoms with E-state index in [4.69, 9.17) is 4.74 Å². The first-order valence-electron chi connectivity index (χ1n) is 6.68. The predicted octanol–water partition coefficient (Wildman–Crippen LogP) is 2.70. The first kappa shape index (κ1) is 12.0. The maximum atomic E-state index is 11.7. The molecule has 3 heteroatoms. The summed E-state index contributed by atoms with van der Waals surface area (Å²) >= 11 is 0. The van der Waals surface area contributed by atoms with E-state index in [-0.39, 0.29) is 11.4 Å². The Hall–Kier alpha value is -1.09. The number of ether oxygens (including phenoxy) is 1. The Morgan fingerprint density at radius 2 is 2.17 bits per heavy atom. The summed E-state index contributed by atoms with van der Waals surface area (Å²) in [5.41, 5.74) is 2.86. The number of hydrogen-bond acceptors (Lipinski definition) is 3. The van der Waals surface area contributed by atoms with Crippen LogP contribution >= 0.6 is 0 Å². The summed E-state index contributed by atoms with van der Waals surface area (Å²) in [6.45, 7) is 6.14. The Bertz CT molecular complexity index is 488. The van der Waals surface area contributed by atoms with Gasteiger partial charge in [0.1, 0.15) is 0 Å². The molecule has 3 atom stereocenters. The lowest BCUT2D eigenvalue weighted by Crippen LogP contribution is -2.48. The first-order chi connectivity index (χ1) is 8.36. The van der Waals surface area contributed by atoms with Crippen molar-refractivity contribution in [1.82, 2.24) is 0 Å². The van der Waals surface area contributed by atoms with E-state index in [0.717, 1.165) is 24.8 Å². The molecule has 0 aromatic rings. The molecule has 0 aromatic heterocycles. The van der Waals surface area contributed by atoms with E-state index in [9.17, 15) is 9.90 Å². The van der Waals surface area contributed by atoms with Gasteiger partial charge in [0.25, 0.3) is 0 Å². The van der Waals surface area contributed by atoms with E-state index in [2.05, 4.69) is 19.9 Å². The largest absolute Gasteiger partial charge is 0.426 e. The smallest absolute Gasteiger partial charge is 0.336 e. The number of allylic oxidation sites excluding steroid dienone is 2. The van der Waals surface area contributed by atoms with Crippen LogP contribution in [0.25, 0.3) is 0 Å². The normalized spacial score (nSPS) is 43.2. The molecule has 3 nitrogen and oxygen atoms in total. The van der Waals surface area contributed by atoms with Gasteiger partial charge in [-0.25, -0.2) is 4.79 Å². The van der Waals surface area contributed by atoms with Crippen molar-refractivity contribution in [1.29, 1.82) is 0 Å². The Labute approximate surface area is 108 Å². The number of carbonyl (C=O) groups excluding carboxylic acids is 1. The van der Waals surface area contributed by atoms with Gasteiger partial charge >= 0.3 is 5.97 Å². The molecule has 0 bridgehead atoms. The fourth-order valence-corrected chi connectivity index (χ4v) is 4.03. The van der Waals surface area contributed by atoms with Gasteiger partial charge in [0.15, 0.2) is 0 Å². The van der Waals surface area contributed by atoms with Gasteiger partial charge in [-0.15, -0.1) is 0 Å². The SMILES string of the molecule is CC1=CCCC2(C)CC3(O)OC(=O)C(C)=C3CC12. The molecule has 1 heterocycles. The molecule has 0 spiro atoms. The number of esters is 1. The molecule has 0 aromatic carbocycles. The summed E-state index contributed by atoms with van der Waals surface area (Å²) in [6.07, 6.45) is 5.70. The molecule has 2 aliphatic carbocycles. The molecule has 1 fully saturated rings. The van der Waals surface area contributed by atoms with E-state index in [1.807, 2.05) is 0 Å². The molecule has 0 saturated heterocycles. The number of fused-ring (bicyclic) bond motifs is 2. The van der Waals surface area contributed by atoms with Gasteiger partial charge in [-0.2, -0.15) is 0 Å². The van der Waals surface area contributed by atoms with Crippen molar-refractivity contribution in [2.75, 3.05) is 0 Å². The Kier molecular flexibility index (Phi) is 2.31. The third kappa shape index (κ3) is 1.43. The van der Waals surface area contributed by atoms with Crippen LogP contribution in [0.4, 0.5) is 0 Å². The predicted molar refractivity (Wildman–Crippen MR) is 67.6 cm³/mol. The summed E-state index contributed by atoms with van der Waals surface area (Å²) in [7, 11) is 0. The minimum atomic E-state index is -1.33. The zero-order valence-corrected chi connectivity index (χ0v) is 11.2. The maximum absolute atomic E-state index is 11.7. The van der Waals surface area contributed by atoms with Crippen LogP contribution in [0.15, 0.2) is 22.8 Å². The van der Waals surface area contributed by atoms with Gasteiger partial charge in [-0.3, -0.25) is 0 Å². The number of aliphatic hydroxyl groups is 1. The minimum Gasteiger partial charge on any atom is -0.426 e. The maximum Gasteiger partial charge on any atom is 0.336 e. The lowest BCUT2D eigenvalue weighted by molar-refractivity contribution is -0.202. The first-order valence-corrected chi connectivity index (χ1v) is 6.68. The van der Waals surface area contributed by atoms with Gasteiger partial charge in [0.05, 0.1) is 0 Å². The van der Waals surface area contributed by atoms with Crippen molar-refractivity contribution < 1.29 is 14.6 Å². The van der Waals surface area contributed by atoms with Crippen LogP contribution in [0.2, 0.25) is 0 Å². The second-order valence-electron chi connectivity index (χ2n) is 6.35. The van der Waals surface area contributed by atoms with E-state index < -0.39 is 5.79 Å². The van der Waals surface area contributed by atoms with Gasteiger partial charge in [0, 0.05) is 17.6 Å². The molecule has 1 N–H and O–H groups in total. The molecule has 1 aliphatic heterocycles. The van der Waals surface area contributed by atoms with Crippen LogP contribution in [0, 0.1) is 11.3 Å². The second-order valence-corrected chi connectivity index (χ2v) is 6.35. The van der Waals surface area contributed by atoms with Crippen molar-refractivity contribution in [3.05, 3.63) is 22.8 Å². The van der Waals surface area contributed by atoms with Crippen molar-refractivity contribution in [2.24, 2.45) is 11.3 Å². The fraction of sp³-hybridized carbons (Fsp3) is 0.667. The molecule has 98 valence electrons. The number of hydrogen-bond donors (Lipinski definition) is 1.